The number of nitrogens with zero attached hydrogens (tertiary/aromatic N) is 1. The molecule has 2 rings (SSSR count). The highest BCUT2D eigenvalue weighted by Gasteiger charge is 2.19. The summed E-state index contributed by atoms with van der Waals surface area (Å²) < 4.78 is 0. The molecule has 0 aromatic carbocycles. The first-order valence-corrected chi connectivity index (χ1v) is 5.37. The van der Waals surface area contributed by atoms with Gasteiger partial charge in [0.05, 0.1) is 17.4 Å². The molecule has 1 aliphatic heterocycles. The van der Waals surface area contributed by atoms with E-state index in [9.17, 15) is 9.59 Å². The van der Waals surface area contributed by atoms with Crippen LogP contribution >= 0.6 is 0 Å². The summed E-state index contributed by atoms with van der Waals surface area (Å²) in [5.74, 6) is -0.956. The van der Waals surface area contributed by atoms with Gasteiger partial charge in [0.2, 0.25) is 5.91 Å². The maximum absolute atomic E-state index is 11.0. The van der Waals surface area contributed by atoms with Gasteiger partial charge in [-0.15, -0.1) is 0 Å². The predicted octanol–water partition coefficient (Wildman–Crippen LogP) is 0.470. The third-order valence-corrected chi connectivity index (χ3v) is 2.68. The monoisotopic (exact) mass is 235 g/mol. The zero-order valence-corrected chi connectivity index (χ0v) is 9.14. The summed E-state index contributed by atoms with van der Waals surface area (Å²) in [7, 11) is 0. The maximum Gasteiger partial charge on any atom is 0.337 e. The van der Waals surface area contributed by atoms with Gasteiger partial charge in [-0.1, -0.05) is 0 Å². The molecular formula is C11H13N3O3. The molecule has 0 saturated carbocycles. The normalized spacial score (nSPS) is 19.5. The number of carboxylic acids is 1. The van der Waals surface area contributed by atoms with Crippen molar-refractivity contribution in [2.24, 2.45) is 0 Å². The number of amides is 1. The molecule has 0 bridgehead atoms. The number of hydrogen-bond donors (Lipinski definition) is 3. The average molecular weight is 235 g/mol. The van der Waals surface area contributed by atoms with Crippen molar-refractivity contribution in [1.29, 1.82) is 0 Å². The lowest BCUT2D eigenvalue weighted by Crippen LogP contribution is -2.42. The van der Waals surface area contributed by atoms with Crippen LogP contribution in [0.15, 0.2) is 18.5 Å². The van der Waals surface area contributed by atoms with Crippen LogP contribution in [-0.2, 0) is 4.79 Å². The Morgan fingerprint density at radius 3 is 3.06 bits per heavy atom. The number of carboxylic acid groups (broad SMARTS) is 1. The van der Waals surface area contributed by atoms with Crippen LogP contribution < -0.4 is 10.6 Å². The lowest BCUT2D eigenvalue weighted by atomic mass is 10.1. The highest BCUT2D eigenvalue weighted by atomic mass is 16.4. The Labute approximate surface area is 98.1 Å². The minimum absolute atomic E-state index is 0.0349. The number of aromatic nitrogens is 1. The van der Waals surface area contributed by atoms with E-state index in [1.165, 1.54) is 18.5 Å². The molecule has 1 amide bonds. The third kappa shape index (κ3) is 2.72. The summed E-state index contributed by atoms with van der Waals surface area (Å²) in [4.78, 5) is 25.9. The first-order valence-electron chi connectivity index (χ1n) is 5.37. The Hall–Kier alpha value is -2.11. The standard InChI is InChI=1S/C11H13N3O3/c15-10-2-1-7(5-13-10)14-9-6-12-4-3-8(9)11(16)17/h3-4,6-7,14H,1-2,5H2,(H,13,15)(H,16,17). The van der Waals surface area contributed by atoms with Crippen LogP contribution in [0.3, 0.4) is 0 Å². The summed E-state index contributed by atoms with van der Waals surface area (Å²) in [6, 6.07) is 1.50. The second kappa shape index (κ2) is 4.82. The molecule has 90 valence electrons. The molecule has 1 fully saturated rings. The second-order valence-corrected chi connectivity index (χ2v) is 3.91. The summed E-state index contributed by atoms with van der Waals surface area (Å²) >= 11 is 0. The number of hydrogen-bond acceptors (Lipinski definition) is 4. The van der Waals surface area contributed by atoms with Gasteiger partial charge in [-0.3, -0.25) is 9.78 Å². The Kier molecular flexibility index (Phi) is 3.22. The largest absolute Gasteiger partial charge is 0.478 e. The minimum atomic E-state index is -0.991. The van der Waals surface area contributed by atoms with Gasteiger partial charge in [-0.25, -0.2) is 4.79 Å². The molecule has 1 aliphatic rings. The van der Waals surface area contributed by atoms with Crippen molar-refractivity contribution < 1.29 is 14.7 Å². The Morgan fingerprint density at radius 1 is 1.59 bits per heavy atom. The van der Waals surface area contributed by atoms with Crippen molar-refractivity contribution in [3.8, 4) is 0 Å². The molecule has 1 atom stereocenters. The molecule has 2 heterocycles. The highest BCUT2D eigenvalue weighted by Crippen LogP contribution is 2.16. The summed E-state index contributed by atoms with van der Waals surface area (Å²) in [5, 5.41) is 14.8. The van der Waals surface area contributed by atoms with E-state index in [-0.39, 0.29) is 17.5 Å². The Morgan fingerprint density at radius 2 is 2.41 bits per heavy atom. The fraction of sp³-hybridized carbons (Fsp3) is 0.364. The van der Waals surface area contributed by atoms with Crippen LogP contribution in [0, 0.1) is 0 Å². The third-order valence-electron chi connectivity index (χ3n) is 2.68. The lowest BCUT2D eigenvalue weighted by Gasteiger charge is -2.24. The molecule has 0 aliphatic carbocycles. The van der Waals surface area contributed by atoms with E-state index < -0.39 is 5.97 Å². The quantitative estimate of drug-likeness (QED) is 0.708. The van der Waals surface area contributed by atoms with E-state index in [0.29, 0.717) is 25.1 Å². The van der Waals surface area contributed by atoms with Crippen LogP contribution in [0.1, 0.15) is 23.2 Å². The molecule has 1 aromatic heterocycles. The van der Waals surface area contributed by atoms with E-state index in [1.54, 1.807) is 0 Å². The van der Waals surface area contributed by atoms with Gasteiger partial charge in [-0.05, 0) is 12.5 Å². The lowest BCUT2D eigenvalue weighted by molar-refractivity contribution is -0.122. The van der Waals surface area contributed by atoms with Crippen LogP contribution in [0.5, 0.6) is 0 Å². The number of pyridine rings is 1. The SMILES string of the molecule is O=C1CCC(Nc2cnccc2C(=O)O)CN1. The summed E-state index contributed by atoms with van der Waals surface area (Å²) in [6.07, 6.45) is 4.08. The predicted molar refractivity (Wildman–Crippen MR) is 60.9 cm³/mol. The molecule has 0 spiro atoms. The molecule has 3 N–H and O–H groups in total. The van der Waals surface area contributed by atoms with Gasteiger partial charge < -0.3 is 15.7 Å². The van der Waals surface area contributed by atoms with Crippen molar-refractivity contribution >= 4 is 17.6 Å². The molecular weight excluding hydrogens is 222 g/mol. The van der Waals surface area contributed by atoms with Gasteiger partial charge in [0, 0.05) is 25.2 Å². The number of nitrogens with one attached hydrogen (secondary N) is 2. The van der Waals surface area contributed by atoms with Crippen LogP contribution in [0.2, 0.25) is 0 Å². The van der Waals surface area contributed by atoms with E-state index in [2.05, 4.69) is 15.6 Å². The van der Waals surface area contributed by atoms with Gasteiger partial charge in [-0.2, -0.15) is 0 Å². The number of piperidine rings is 1. The molecule has 1 aromatic rings. The van der Waals surface area contributed by atoms with E-state index >= 15 is 0 Å². The van der Waals surface area contributed by atoms with Crippen molar-refractivity contribution in [3.05, 3.63) is 24.0 Å². The fourth-order valence-electron chi connectivity index (χ4n) is 1.77. The summed E-state index contributed by atoms with van der Waals surface area (Å²) in [5.41, 5.74) is 0.679. The van der Waals surface area contributed by atoms with Gasteiger partial charge in [0.15, 0.2) is 0 Å². The molecule has 17 heavy (non-hydrogen) atoms. The number of rotatable bonds is 3. The van der Waals surface area contributed by atoms with Crippen molar-refractivity contribution in [2.45, 2.75) is 18.9 Å². The number of anilines is 1. The van der Waals surface area contributed by atoms with Crippen molar-refractivity contribution in [3.63, 3.8) is 0 Å². The zero-order valence-electron chi connectivity index (χ0n) is 9.14. The Bertz CT molecular complexity index is 437. The fourth-order valence-corrected chi connectivity index (χ4v) is 1.77. The maximum atomic E-state index is 11.0. The second-order valence-electron chi connectivity index (χ2n) is 3.91. The molecule has 6 heteroatoms. The summed E-state index contributed by atoms with van der Waals surface area (Å²) in [6.45, 7) is 0.507. The van der Waals surface area contributed by atoms with Crippen LogP contribution in [0.25, 0.3) is 0 Å². The smallest absolute Gasteiger partial charge is 0.337 e. The van der Waals surface area contributed by atoms with E-state index in [0.717, 1.165) is 0 Å². The number of carbonyl (C=O) groups is 2. The zero-order chi connectivity index (χ0) is 12.3. The Balaban J connectivity index is 2.08. The number of carbonyl (C=O) groups excluding carboxylic acids is 1. The van der Waals surface area contributed by atoms with E-state index in [1.807, 2.05) is 0 Å². The highest BCUT2D eigenvalue weighted by molar-refractivity contribution is 5.93. The molecule has 6 nitrogen and oxygen atoms in total. The number of aromatic carboxylic acids is 1. The first kappa shape index (κ1) is 11.4. The van der Waals surface area contributed by atoms with Gasteiger partial charge in [0.25, 0.3) is 0 Å². The van der Waals surface area contributed by atoms with Crippen molar-refractivity contribution in [1.82, 2.24) is 10.3 Å². The minimum Gasteiger partial charge on any atom is -0.478 e. The van der Waals surface area contributed by atoms with Crippen LogP contribution in [0.4, 0.5) is 5.69 Å². The van der Waals surface area contributed by atoms with Crippen LogP contribution in [-0.4, -0.2) is 34.6 Å². The molecule has 0 radical (unpaired) electrons. The molecule has 1 saturated heterocycles. The first-order chi connectivity index (χ1) is 8.16. The van der Waals surface area contributed by atoms with E-state index in [4.69, 9.17) is 5.11 Å². The average Bonchev–Trinajstić information content (AvgIpc) is 2.32. The van der Waals surface area contributed by atoms with Crippen molar-refractivity contribution in [2.75, 3.05) is 11.9 Å². The van der Waals surface area contributed by atoms with Gasteiger partial charge >= 0.3 is 5.97 Å². The topological polar surface area (TPSA) is 91.3 Å². The van der Waals surface area contributed by atoms with Gasteiger partial charge in [0.1, 0.15) is 0 Å². The molecule has 1 unspecified atom stereocenters.